The van der Waals surface area contributed by atoms with E-state index in [0.717, 1.165) is 50.6 Å². The number of nitrogens with zero attached hydrogens (tertiary/aromatic N) is 2. The topological polar surface area (TPSA) is 40.6 Å². The molecule has 0 bridgehead atoms. The predicted molar refractivity (Wildman–Crippen MR) is 77.6 cm³/mol. The zero-order chi connectivity index (χ0) is 13.0. The van der Waals surface area contributed by atoms with E-state index in [9.17, 15) is 8.42 Å². The molecule has 0 radical (unpaired) electrons. The average molecular weight is 339 g/mol. The van der Waals surface area contributed by atoms with E-state index >= 15 is 0 Å². The largest absolute Gasteiger partial charge is 0.300 e. The van der Waals surface area contributed by atoms with Gasteiger partial charge in [0.05, 0.1) is 5.25 Å². The molecule has 6 heteroatoms. The van der Waals surface area contributed by atoms with E-state index in [0.29, 0.717) is 13.1 Å². The molecule has 2 fully saturated rings. The SMILES string of the molecule is O=S(=O)(C1CCCCC1)N1CCN(CCBr)CC1. The van der Waals surface area contributed by atoms with E-state index in [1.807, 2.05) is 0 Å². The molecule has 1 saturated heterocycles. The van der Waals surface area contributed by atoms with Crippen molar-refractivity contribution in [1.82, 2.24) is 9.21 Å². The van der Waals surface area contributed by atoms with Gasteiger partial charge in [-0.2, -0.15) is 4.31 Å². The van der Waals surface area contributed by atoms with Gasteiger partial charge < -0.3 is 0 Å². The first-order valence-electron chi connectivity index (χ1n) is 6.92. The smallest absolute Gasteiger partial charge is 0.217 e. The summed E-state index contributed by atoms with van der Waals surface area (Å²) in [7, 11) is -3.03. The van der Waals surface area contributed by atoms with E-state index in [1.165, 1.54) is 6.42 Å². The standard InChI is InChI=1S/C12H23BrN2O2S/c13-6-7-14-8-10-15(11-9-14)18(16,17)12-4-2-1-3-5-12/h12H,1-11H2. The molecule has 1 aliphatic carbocycles. The summed E-state index contributed by atoms with van der Waals surface area (Å²) in [5, 5.41) is 0.858. The Morgan fingerprint density at radius 2 is 1.61 bits per heavy atom. The van der Waals surface area contributed by atoms with Crippen LogP contribution in [0.4, 0.5) is 0 Å². The lowest BCUT2D eigenvalue weighted by Gasteiger charge is -2.36. The summed E-state index contributed by atoms with van der Waals surface area (Å²) < 4.78 is 26.7. The fraction of sp³-hybridized carbons (Fsp3) is 1.00. The van der Waals surface area contributed by atoms with Gasteiger partial charge in [-0.3, -0.25) is 4.90 Å². The molecule has 0 amide bonds. The van der Waals surface area contributed by atoms with Crippen LogP contribution in [-0.4, -0.2) is 60.9 Å². The van der Waals surface area contributed by atoms with Gasteiger partial charge in [-0.15, -0.1) is 0 Å². The van der Waals surface area contributed by atoms with Gasteiger partial charge in [0, 0.05) is 38.1 Å². The van der Waals surface area contributed by atoms with Crippen molar-refractivity contribution in [2.45, 2.75) is 37.4 Å². The Hall–Kier alpha value is 0.350. The third kappa shape index (κ3) is 3.46. The predicted octanol–water partition coefficient (Wildman–Crippen LogP) is 1.66. The summed E-state index contributed by atoms with van der Waals surface area (Å²) in [5.41, 5.74) is 0. The second kappa shape index (κ2) is 6.68. The van der Waals surface area contributed by atoms with Crippen LogP contribution in [-0.2, 0) is 10.0 Å². The summed E-state index contributed by atoms with van der Waals surface area (Å²) in [4.78, 5) is 2.32. The lowest BCUT2D eigenvalue weighted by Crippen LogP contribution is -2.51. The maximum absolute atomic E-state index is 12.5. The molecule has 0 unspecified atom stereocenters. The first-order valence-corrected chi connectivity index (χ1v) is 9.54. The van der Waals surface area contributed by atoms with E-state index < -0.39 is 10.0 Å². The molecule has 0 aromatic rings. The van der Waals surface area contributed by atoms with Crippen LogP contribution >= 0.6 is 15.9 Å². The number of hydrogen-bond acceptors (Lipinski definition) is 3. The number of piperazine rings is 1. The van der Waals surface area contributed by atoms with Crippen LogP contribution in [0.15, 0.2) is 0 Å². The molecule has 0 atom stereocenters. The third-order valence-corrected chi connectivity index (χ3v) is 6.82. The molecule has 1 saturated carbocycles. The lowest BCUT2D eigenvalue weighted by atomic mass is 10.0. The number of hydrogen-bond donors (Lipinski definition) is 0. The van der Waals surface area contributed by atoms with Crippen LogP contribution in [0.25, 0.3) is 0 Å². The maximum Gasteiger partial charge on any atom is 0.217 e. The minimum Gasteiger partial charge on any atom is -0.300 e. The summed E-state index contributed by atoms with van der Waals surface area (Å²) in [6.45, 7) is 4.10. The normalized spacial score (nSPS) is 25.4. The third-order valence-electron chi connectivity index (χ3n) is 4.07. The minimum atomic E-state index is -3.03. The van der Waals surface area contributed by atoms with Gasteiger partial charge >= 0.3 is 0 Å². The van der Waals surface area contributed by atoms with E-state index in [1.54, 1.807) is 4.31 Å². The first-order chi connectivity index (χ1) is 8.64. The minimum absolute atomic E-state index is 0.103. The summed E-state index contributed by atoms with van der Waals surface area (Å²) in [5.74, 6) is 0. The summed E-state index contributed by atoms with van der Waals surface area (Å²) in [6, 6.07) is 0. The molecule has 0 spiro atoms. The van der Waals surface area contributed by atoms with Crippen LogP contribution in [0.2, 0.25) is 0 Å². The first kappa shape index (κ1) is 14.8. The van der Waals surface area contributed by atoms with E-state index in [2.05, 4.69) is 20.8 Å². The van der Waals surface area contributed by atoms with Crippen molar-refractivity contribution in [2.75, 3.05) is 38.1 Å². The highest BCUT2D eigenvalue weighted by atomic mass is 79.9. The Labute approximate surface area is 119 Å². The van der Waals surface area contributed by atoms with Crippen molar-refractivity contribution in [3.05, 3.63) is 0 Å². The molecule has 106 valence electrons. The van der Waals surface area contributed by atoms with Crippen LogP contribution in [0.1, 0.15) is 32.1 Å². The van der Waals surface area contributed by atoms with Gasteiger partial charge in [-0.25, -0.2) is 8.42 Å². The molecule has 0 aromatic heterocycles. The molecular weight excluding hydrogens is 316 g/mol. The number of halogens is 1. The van der Waals surface area contributed by atoms with Gasteiger partial charge in [0.25, 0.3) is 0 Å². The summed E-state index contributed by atoms with van der Waals surface area (Å²) >= 11 is 3.43. The Kier molecular flexibility index (Phi) is 5.47. The molecule has 2 aliphatic rings. The zero-order valence-electron chi connectivity index (χ0n) is 10.9. The fourth-order valence-corrected chi connectivity index (χ4v) is 5.43. The van der Waals surface area contributed by atoms with Crippen LogP contribution < -0.4 is 0 Å². The van der Waals surface area contributed by atoms with Crippen molar-refractivity contribution in [1.29, 1.82) is 0 Å². The Morgan fingerprint density at radius 1 is 1.00 bits per heavy atom. The number of alkyl halides is 1. The molecule has 18 heavy (non-hydrogen) atoms. The van der Waals surface area contributed by atoms with E-state index in [-0.39, 0.29) is 5.25 Å². The number of sulfonamides is 1. The Morgan fingerprint density at radius 3 is 2.17 bits per heavy atom. The average Bonchev–Trinajstić information content (AvgIpc) is 2.41. The Balaban J connectivity index is 1.91. The van der Waals surface area contributed by atoms with Crippen molar-refractivity contribution in [3.63, 3.8) is 0 Å². The van der Waals surface area contributed by atoms with Gasteiger partial charge in [0.1, 0.15) is 0 Å². The molecule has 1 aliphatic heterocycles. The Bertz CT molecular complexity index is 347. The highest BCUT2D eigenvalue weighted by molar-refractivity contribution is 9.09. The van der Waals surface area contributed by atoms with Gasteiger partial charge in [-0.05, 0) is 12.8 Å². The van der Waals surface area contributed by atoms with E-state index in [4.69, 9.17) is 0 Å². The monoisotopic (exact) mass is 338 g/mol. The maximum atomic E-state index is 12.5. The molecule has 4 nitrogen and oxygen atoms in total. The molecule has 0 aromatic carbocycles. The van der Waals surface area contributed by atoms with Gasteiger partial charge in [0.15, 0.2) is 0 Å². The number of rotatable bonds is 4. The highest BCUT2D eigenvalue weighted by Crippen LogP contribution is 2.26. The van der Waals surface area contributed by atoms with Crippen LogP contribution in [0.3, 0.4) is 0 Å². The second-order valence-corrected chi connectivity index (χ2v) is 8.24. The fourth-order valence-electron chi connectivity index (χ4n) is 2.90. The lowest BCUT2D eigenvalue weighted by molar-refractivity contribution is 0.196. The second-order valence-electron chi connectivity index (χ2n) is 5.23. The summed E-state index contributed by atoms with van der Waals surface area (Å²) in [6.07, 6.45) is 5.08. The molecular formula is C12H23BrN2O2S. The van der Waals surface area contributed by atoms with Crippen LogP contribution in [0, 0.1) is 0 Å². The zero-order valence-corrected chi connectivity index (χ0v) is 13.3. The van der Waals surface area contributed by atoms with Crippen molar-refractivity contribution >= 4 is 26.0 Å². The van der Waals surface area contributed by atoms with Gasteiger partial charge in [0.2, 0.25) is 10.0 Å². The molecule has 2 rings (SSSR count). The molecule has 0 N–H and O–H groups in total. The van der Waals surface area contributed by atoms with Gasteiger partial charge in [-0.1, -0.05) is 35.2 Å². The van der Waals surface area contributed by atoms with Crippen molar-refractivity contribution in [3.8, 4) is 0 Å². The van der Waals surface area contributed by atoms with Crippen LogP contribution in [0.5, 0.6) is 0 Å². The van der Waals surface area contributed by atoms with Crippen molar-refractivity contribution in [2.24, 2.45) is 0 Å². The quantitative estimate of drug-likeness (QED) is 0.732. The molecule has 1 heterocycles. The van der Waals surface area contributed by atoms with Crippen molar-refractivity contribution < 1.29 is 8.42 Å². The highest BCUT2D eigenvalue weighted by Gasteiger charge is 2.34.